The fraction of sp³-hybridized carbons (Fsp3) is 0.340. The molecule has 0 aromatic heterocycles. The summed E-state index contributed by atoms with van der Waals surface area (Å²) in [5.74, 6) is 1.80. The fourth-order valence-electron chi connectivity index (χ4n) is 8.42. The Morgan fingerprint density at radius 1 is 0.755 bits per heavy atom. The average Bonchev–Trinajstić information content (AvgIpc) is 3.68. The van der Waals surface area contributed by atoms with Crippen LogP contribution in [0.2, 0.25) is 0 Å². The molecule has 0 radical (unpaired) electrons. The van der Waals surface area contributed by atoms with E-state index in [9.17, 15) is 0 Å². The second-order valence-electron chi connectivity index (χ2n) is 15.7. The summed E-state index contributed by atoms with van der Waals surface area (Å²) in [5.41, 5.74) is 10.0. The number of benzene rings is 4. The van der Waals surface area contributed by atoms with Crippen molar-refractivity contribution >= 4 is 65.7 Å². The van der Waals surface area contributed by atoms with Crippen molar-refractivity contribution in [1.29, 1.82) is 0 Å². The van der Waals surface area contributed by atoms with E-state index in [1.165, 1.54) is 45.1 Å². The first kappa shape index (κ1) is 37.7. The molecule has 0 fully saturated rings. The molecule has 7 rings (SSSR count). The van der Waals surface area contributed by atoms with Crippen molar-refractivity contribution in [3.05, 3.63) is 131 Å². The van der Waals surface area contributed by atoms with Gasteiger partial charge in [0.15, 0.2) is 5.71 Å². The minimum atomic E-state index is -0.155. The number of hydrogen-bond acceptors (Lipinski definition) is 5. The van der Waals surface area contributed by atoms with Gasteiger partial charge >= 0.3 is 0 Å². The van der Waals surface area contributed by atoms with Gasteiger partial charge in [-0.05, 0) is 110 Å². The normalized spacial score (nSPS) is 19.1. The molecule has 0 unspecified atom stereocenters. The average molecular weight is 758 g/mol. The summed E-state index contributed by atoms with van der Waals surface area (Å²) in [6.45, 7) is 15.9. The van der Waals surface area contributed by atoms with Gasteiger partial charge in [0.05, 0.1) is 5.41 Å². The third-order valence-electron chi connectivity index (χ3n) is 11.4. The summed E-state index contributed by atoms with van der Waals surface area (Å²) in [7, 11) is 0. The summed E-state index contributed by atoms with van der Waals surface area (Å²) in [6.07, 6.45) is 15.8. The number of unbranched alkanes of at least 4 members (excludes halogenated alkanes) is 2. The molecule has 53 heavy (non-hydrogen) atoms. The summed E-state index contributed by atoms with van der Waals surface area (Å²) >= 11 is 14.2. The van der Waals surface area contributed by atoms with Crippen molar-refractivity contribution < 1.29 is 9.31 Å². The fourth-order valence-corrected chi connectivity index (χ4v) is 9.10. The molecule has 274 valence electrons. The van der Waals surface area contributed by atoms with E-state index in [2.05, 4.69) is 142 Å². The van der Waals surface area contributed by atoms with Crippen molar-refractivity contribution in [2.45, 2.75) is 106 Å². The summed E-state index contributed by atoms with van der Waals surface area (Å²) in [5, 5.41) is 2.16. The molecule has 4 aromatic rings. The molecule has 4 aromatic carbocycles. The highest BCUT2D eigenvalue weighted by Crippen LogP contribution is 2.49. The van der Waals surface area contributed by atoms with Gasteiger partial charge in [0.25, 0.3) is 0 Å². The number of thiol groups is 3. The maximum Gasteiger partial charge on any atom is 0.209 e. The predicted molar refractivity (Wildman–Crippen MR) is 234 cm³/mol. The zero-order valence-electron chi connectivity index (χ0n) is 32.0. The SMILES string of the molecule is CCCCN1/C(=C/C=C2CCC(C=CC3=[N+](CCCC)c4ccc(S)cc4C3(C)C)=C2Oc2cccc3c(S)cccc23)C(C)(C)c2cc(S)ccc21. The Hall–Kier alpha value is -3.58. The van der Waals surface area contributed by atoms with Crippen LogP contribution in [0, 0.1) is 0 Å². The Bertz CT molecular complexity index is 2240. The van der Waals surface area contributed by atoms with Gasteiger partial charge in [0.2, 0.25) is 5.69 Å². The van der Waals surface area contributed by atoms with Gasteiger partial charge in [-0.15, -0.1) is 37.9 Å². The van der Waals surface area contributed by atoms with Gasteiger partial charge in [-0.25, -0.2) is 0 Å². The zero-order valence-corrected chi connectivity index (χ0v) is 34.7. The molecule has 2 aliphatic heterocycles. The molecular weight excluding hydrogens is 705 g/mol. The minimum absolute atomic E-state index is 0.155. The van der Waals surface area contributed by atoms with Gasteiger partial charge < -0.3 is 9.64 Å². The molecule has 2 heterocycles. The van der Waals surface area contributed by atoms with E-state index in [4.69, 9.17) is 42.6 Å². The molecule has 0 saturated carbocycles. The number of allylic oxidation sites excluding steroid dienone is 7. The van der Waals surface area contributed by atoms with Crippen molar-refractivity contribution in [2.75, 3.05) is 18.0 Å². The topological polar surface area (TPSA) is 15.5 Å². The van der Waals surface area contributed by atoms with Crippen LogP contribution in [0.4, 0.5) is 11.4 Å². The Kier molecular flexibility index (Phi) is 10.9. The van der Waals surface area contributed by atoms with E-state index in [0.29, 0.717) is 0 Å². The van der Waals surface area contributed by atoms with E-state index in [0.717, 1.165) is 88.6 Å². The van der Waals surface area contributed by atoms with Gasteiger partial charge in [0.1, 0.15) is 18.1 Å². The van der Waals surface area contributed by atoms with E-state index < -0.39 is 0 Å². The minimum Gasteiger partial charge on any atom is -0.456 e. The van der Waals surface area contributed by atoms with Crippen LogP contribution in [0.5, 0.6) is 5.75 Å². The van der Waals surface area contributed by atoms with Crippen molar-refractivity contribution in [1.82, 2.24) is 0 Å². The van der Waals surface area contributed by atoms with Crippen LogP contribution in [0.15, 0.2) is 134 Å². The standard InChI is InChI=1S/C47H52N2OS3/c1-7-9-27-48-39-23-21-33(51)29-37(39)46(3,4)43(48)25-19-31-17-18-32(45(31)50-41-15-11-14-36-35(41)13-12-16-42(36)53)20-26-44-47(5,6)38-30-34(52)22-24-40(38)49(44)28-10-8-2/h11-16,19-26,29-30H,7-10,17-18,27-28H2,1-6H3,(H2-,51,52,53)/p+1. The number of hydrogen-bond donors (Lipinski definition) is 3. The van der Waals surface area contributed by atoms with E-state index in [1.54, 1.807) is 0 Å². The lowest BCUT2D eigenvalue weighted by molar-refractivity contribution is -0.438. The quantitative estimate of drug-likeness (QED) is 0.104. The third-order valence-corrected chi connectivity index (χ3v) is 12.4. The zero-order chi connectivity index (χ0) is 37.5. The third kappa shape index (κ3) is 7.08. The van der Waals surface area contributed by atoms with Crippen molar-refractivity contribution in [3.63, 3.8) is 0 Å². The maximum absolute atomic E-state index is 7.08. The first-order valence-electron chi connectivity index (χ1n) is 19.3. The van der Waals surface area contributed by atoms with E-state index in [1.807, 2.05) is 6.07 Å². The molecule has 0 saturated heterocycles. The van der Waals surface area contributed by atoms with Crippen LogP contribution in [0.3, 0.4) is 0 Å². The van der Waals surface area contributed by atoms with Gasteiger partial charge in [-0.3, -0.25) is 0 Å². The Morgan fingerprint density at radius 2 is 1.47 bits per heavy atom. The molecule has 0 spiro atoms. The van der Waals surface area contributed by atoms with Crippen molar-refractivity contribution in [3.8, 4) is 5.75 Å². The number of fused-ring (bicyclic) bond motifs is 3. The summed E-state index contributed by atoms with van der Waals surface area (Å²) < 4.78 is 9.61. The molecule has 0 bridgehead atoms. The second kappa shape index (κ2) is 15.3. The van der Waals surface area contributed by atoms with Crippen LogP contribution in [0.25, 0.3) is 10.8 Å². The summed E-state index contributed by atoms with van der Waals surface area (Å²) in [6, 6.07) is 25.7. The molecule has 0 amide bonds. The van der Waals surface area contributed by atoms with Crippen LogP contribution >= 0.6 is 37.9 Å². The van der Waals surface area contributed by atoms with Crippen LogP contribution in [-0.2, 0) is 10.8 Å². The first-order chi connectivity index (χ1) is 25.4. The smallest absolute Gasteiger partial charge is 0.209 e. The highest BCUT2D eigenvalue weighted by atomic mass is 32.1. The van der Waals surface area contributed by atoms with Crippen LogP contribution in [0.1, 0.15) is 91.2 Å². The Labute approximate surface area is 333 Å². The van der Waals surface area contributed by atoms with Gasteiger partial charge in [0, 0.05) is 67.5 Å². The second-order valence-corrected chi connectivity index (χ2v) is 17.2. The van der Waals surface area contributed by atoms with Crippen LogP contribution in [-0.4, -0.2) is 23.4 Å². The lowest BCUT2D eigenvalue weighted by atomic mass is 9.81. The number of anilines is 1. The number of ether oxygens (including phenoxy) is 1. The van der Waals surface area contributed by atoms with E-state index >= 15 is 0 Å². The number of rotatable bonds is 11. The number of nitrogens with zero attached hydrogens (tertiary/aromatic N) is 2. The van der Waals surface area contributed by atoms with E-state index in [-0.39, 0.29) is 10.8 Å². The highest BCUT2D eigenvalue weighted by Gasteiger charge is 2.44. The molecule has 3 aliphatic rings. The molecule has 1 aliphatic carbocycles. The lowest BCUT2D eigenvalue weighted by Crippen LogP contribution is -2.28. The van der Waals surface area contributed by atoms with Gasteiger partial charge in [-0.1, -0.05) is 70.9 Å². The highest BCUT2D eigenvalue weighted by molar-refractivity contribution is 7.80. The maximum atomic E-state index is 7.08. The lowest BCUT2D eigenvalue weighted by Gasteiger charge is -2.27. The molecule has 3 nitrogen and oxygen atoms in total. The monoisotopic (exact) mass is 757 g/mol. The molecular formula is C47H53N2OS3+. The first-order valence-corrected chi connectivity index (χ1v) is 20.6. The largest absolute Gasteiger partial charge is 0.456 e. The molecule has 0 N–H and O–H groups in total. The predicted octanol–water partition coefficient (Wildman–Crippen LogP) is 13.0. The Morgan fingerprint density at radius 3 is 2.25 bits per heavy atom. The molecule has 0 atom stereocenters. The summed E-state index contributed by atoms with van der Waals surface area (Å²) in [4.78, 5) is 5.48. The Balaban J connectivity index is 1.35. The van der Waals surface area contributed by atoms with Crippen molar-refractivity contribution in [2.24, 2.45) is 0 Å². The molecule has 6 heteroatoms. The van der Waals surface area contributed by atoms with Crippen LogP contribution < -0.4 is 9.64 Å². The van der Waals surface area contributed by atoms with Gasteiger partial charge in [-0.2, -0.15) is 4.58 Å².